The molecular formula is C10H14FNO2. The van der Waals surface area contributed by atoms with Crippen molar-refractivity contribution in [2.45, 2.75) is 6.04 Å². The number of hydrogen-bond donors (Lipinski definition) is 1. The van der Waals surface area contributed by atoms with E-state index in [0.717, 1.165) is 5.56 Å². The Balaban J connectivity index is 2.95. The van der Waals surface area contributed by atoms with Gasteiger partial charge in [0.2, 0.25) is 0 Å². The van der Waals surface area contributed by atoms with Gasteiger partial charge in [-0.25, -0.2) is 4.39 Å². The Morgan fingerprint density at radius 1 is 1.43 bits per heavy atom. The van der Waals surface area contributed by atoms with Crippen LogP contribution in [0.3, 0.4) is 0 Å². The van der Waals surface area contributed by atoms with E-state index in [0.29, 0.717) is 12.4 Å². The van der Waals surface area contributed by atoms with Crippen LogP contribution in [0.15, 0.2) is 18.2 Å². The Hall–Kier alpha value is -1.13. The van der Waals surface area contributed by atoms with Crippen molar-refractivity contribution in [3.05, 3.63) is 29.6 Å². The second-order valence-corrected chi connectivity index (χ2v) is 2.95. The average molecular weight is 199 g/mol. The van der Waals surface area contributed by atoms with E-state index < -0.39 is 0 Å². The van der Waals surface area contributed by atoms with E-state index in [-0.39, 0.29) is 11.9 Å². The summed E-state index contributed by atoms with van der Waals surface area (Å²) in [6.45, 7) is 0.377. The highest BCUT2D eigenvalue weighted by atomic mass is 19.1. The Morgan fingerprint density at radius 3 is 2.71 bits per heavy atom. The third-order valence-electron chi connectivity index (χ3n) is 1.94. The van der Waals surface area contributed by atoms with Gasteiger partial charge in [-0.3, -0.25) is 0 Å². The van der Waals surface area contributed by atoms with Crippen molar-refractivity contribution >= 4 is 0 Å². The van der Waals surface area contributed by atoms with Crippen molar-refractivity contribution in [2.24, 2.45) is 5.73 Å². The first kappa shape index (κ1) is 10.9. The smallest absolute Gasteiger partial charge is 0.126 e. The van der Waals surface area contributed by atoms with Crippen LogP contribution in [0.5, 0.6) is 5.75 Å². The van der Waals surface area contributed by atoms with Gasteiger partial charge in [0.15, 0.2) is 0 Å². The molecule has 0 saturated heterocycles. The highest BCUT2D eigenvalue weighted by Crippen LogP contribution is 2.24. The van der Waals surface area contributed by atoms with Crippen LogP contribution in [-0.2, 0) is 4.74 Å². The lowest BCUT2D eigenvalue weighted by molar-refractivity contribution is 0.179. The van der Waals surface area contributed by atoms with Gasteiger partial charge < -0.3 is 15.2 Å². The summed E-state index contributed by atoms with van der Waals surface area (Å²) in [5.41, 5.74) is 6.55. The van der Waals surface area contributed by atoms with Crippen LogP contribution in [0.25, 0.3) is 0 Å². The first-order chi connectivity index (χ1) is 6.69. The molecule has 0 aliphatic heterocycles. The number of halogens is 1. The van der Waals surface area contributed by atoms with Gasteiger partial charge in [0.25, 0.3) is 0 Å². The molecule has 0 spiro atoms. The van der Waals surface area contributed by atoms with Gasteiger partial charge in [0, 0.05) is 18.7 Å². The molecule has 78 valence electrons. The maximum Gasteiger partial charge on any atom is 0.126 e. The zero-order chi connectivity index (χ0) is 10.6. The number of methoxy groups -OCH3 is 2. The third kappa shape index (κ3) is 2.43. The molecule has 1 atom stereocenters. The topological polar surface area (TPSA) is 44.5 Å². The summed E-state index contributed by atoms with van der Waals surface area (Å²) in [6, 6.07) is 3.98. The fourth-order valence-electron chi connectivity index (χ4n) is 1.26. The van der Waals surface area contributed by atoms with Crippen molar-refractivity contribution in [3.63, 3.8) is 0 Å². The molecule has 4 heteroatoms. The first-order valence-electron chi connectivity index (χ1n) is 4.27. The Kier molecular flexibility index (Phi) is 3.85. The normalized spacial score (nSPS) is 12.6. The van der Waals surface area contributed by atoms with Crippen LogP contribution in [0, 0.1) is 5.82 Å². The van der Waals surface area contributed by atoms with E-state index in [1.54, 1.807) is 13.2 Å². The molecule has 0 aromatic heterocycles. The van der Waals surface area contributed by atoms with Gasteiger partial charge >= 0.3 is 0 Å². The maximum absolute atomic E-state index is 12.8. The summed E-state index contributed by atoms with van der Waals surface area (Å²) >= 11 is 0. The van der Waals surface area contributed by atoms with Crippen molar-refractivity contribution < 1.29 is 13.9 Å². The molecule has 0 unspecified atom stereocenters. The number of benzene rings is 1. The molecule has 1 rings (SSSR count). The van der Waals surface area contributed by atoms with E-state index >= 15 is 0 Å². The molecule has 2 N–H and O–H groups in total. The van der Waals surface area contributed by atoms with E-state index in [1.807, 2.05) is 0 Å². The molecule has 0 aliphatic rings. The van der Waals surface area contributed by atoms with Crippen LogP contribution in [0.2, 0.25) is 0 Å². The van der Waals surface area contributed by atoms with Crippen LogP contribution in [-0.4, -0.2) is 20.8 Å². The minimum atomic E-state index is -0.338. The molecule has 0 amide bonds. The molecule has 0 fully saturated rings. The van der Waals surface area contributed by atoms with E-state index in [1.165, 1.54) is 19.2 Å². The lowest BCUT2D eigenvalue weighted by Gasteiger charge is -2.14. The van der Waals surface area contributed by atoms with Gasteiger partial charge in [-0.2, -0.15) is 0 Å². The first-order valence-corrected chi connectivity index (χ1v) is 4.27. The highest BCUT2D eigenvalue weighted by Gasteiger charge is 2.12. The SMILES string of the molecule is COC[C@@H](N)c1ccc(F)cc1OC. The standard InChI is InChI=1S/C10H14FNO2/c1-13-6-9(12)8-4-3-7(11)5-10(8)14-2/h3-5,9H,6,12H2,1-2H3/t9-/m1/s1. The summed E-state index contributed by atoms with van der Waals surface area (Å²) in [6.07, 6.45) is 0. The minimum Gasteiger partial charge on any atom is -0.496 e. The van der Waals surface area contributed by atoms with Gasteiger partial charge in [0.1, 0.15) is 11.6 Å². The average Bonchev–Trinajstić information content (AvgIpc) is 2.17. The zero-order valence-corrected chi connectivity index (χ0v) is 8.29. The summed E-state index contributed by atoms with van der Waals surface area (Å²) in [4.78, 5) is 0. The van der Waals surface area contributed by atoms with Gasteiger partial charge in [0.05, 0.1) is 19.8 Å². The molecule has 0 bridgehead atoms. The Labute approximate surface area is 82.6 Å². The monoisotopic (exact) mass is 199 g/mol. The lowest BCUT2D eigenvalue weighted by Crippen LogP contribution is -2.17. The van der Waals surface area contributed by atoms with Crippen LogP contribution >= 0.6 is 0 Å². The van der Waals surface area contributed by atoms with E-state index in [9.17, 15) is 4.39 Å². The Bertz CT molecular complexity index is 304. The van der Waals surface area contributed by atoms with Crippen LogP contribution < -0.4 is 10.5 Å². The number of rotatable bonds is 4. The fraction of sp³-hybridized carbons (Fsp3) is 0.400. The summed E-state index contributed by atoms with van der Waals surface area (Å²) < 4.78 is 22.8. The van der Waals surface area contributed by atoms with Crippen molar-refractivity contribution in [1.82, 2.24) is 0 Å². The number of ether oxygens (including phenoxy) is 2. The minimum absolute atomic E-state index is 0.296. The highest BCUT2D eigenvalue weighted by molar-refractivity contribution is 5.36. The predicted octanol–water partition coefficient (Wildman–Crippen LogP) is 1.48. The number of nitrogens with two attached hydrogens (primary N) is 1. The molecule has 0 saturated carbocycles. The number of hydrogen-bond acceptors (Lipinski definition) is 3. The van der Waals surface area contributed by atoms with Gasteiger partial charge in [-0.1, -0.05) is 6.07 Å². The second-order valence-electron chi connectivity index (χ2n) is 2.95. The molecule has 1 aromatic carbocycles. The van der Waals surface area contributed by atoms with Crippen molar-refractivity contribution in [1.29, 1.82) is 0 Å². The largest absolute Gasteiger partial charge is 0.496 e. The third-order valence-corrected chi connectivity index (χ3v) is 1.94. The van der Waals surface area contributed by atoms with Crippen molar-refractivity contribution in [2.75, 3.05) is 20.8 Å². The summed E-state index contributed by atoms with van der Waals surface area (Å²) in [5.74, 6) is 0.116. The fourth-order valence-corrected chi connectivity index (χ4v) is 1.26. The summed E-state index contributed by atoms with van der Waals surface area (Å²) in [5, 5.41) is 0. The van der Waals surface area contributed by atoms with E-state index in [2.05, 4.69) is 0 Å². The molecule has 0 aliphatic carbocycles. The molecule has 14 heavy (non-hydrogen) atoms. The second kappa shape index (κ2) is 4.93. The molecule has 3 nitrogen and oxygen atoms in total. The van der Waals surface area contributed by atoms with Gasteiger partial charge in [-0.15, -0.1) is 0 Å². The molecule has 0 radical (unpaired) electrons. The zero-order valence-electron chi connectivity index (χ0n) is 8.29. The quantitative estimate of drug-likeness (QED) is 0.798. The summed E-state index contributed by atoms with van der Waals surface area (Å²) in [7, 11) is 3.05. The van der Waals surface area contributed by atoms with Crippen LogP contribution in [0.1, 0.15) is 11.6 Å². The molecular weight excluding hydrogens is 185 g/mol. The van der Waals surface area contributed by atoms with E-state index in [4.69, 9.17) is 15.2 Å². The molecule has 1 aromatic rings. The molecule has 0 heterocycles. The predicted molar refractivity (Wildman–Crippen MR) is 51.8 cm³/mol. The Morgan fingerprint density at radius 2 is 2.14 bits per heavy atom. The van der Waals surface area contributed by atoms with Gasteiger partial charge in [-0.05, 0) is 6.07 Å². The maximum atomic E-state index is 12.8. The van der Waals surface area contributed by atoms with Crippen molar-refractivity contribution in [3.8, 4) is 5.75 Å². The lowest BCUT2D eigenvalue weighted by atomic mass is 10.1. The van der Waals surface area contributed by atoms with Crippen LogP contribution in [0.4, 0.5) is 4.39 Å².